The van der Waals surface area contributed by atoms with Gasteiger partial charge in [-0.3, -0.25) is 13.9 Å². The summed E-state index contributed by atoms with van der Waals surface area (Å²) in [6.45, 7) is 7.24. The number of carbonyl (C=O) groups is 2. The van der Waals surface area contributed by atoms with Gasteiger partial charge in [0, 0.05) is 18.5 Å². The van der Waals surface area contributed by atoms with E-state index in [1.54, 1.807) is 24.3 Å². The minimum absolute atomic E-state index is 0.122. The molecule has 0 radical (unpaired) electrons. The number of rotatable bonds is 12. The lowest BCUT2D eigenvalue weighted by atomic mass is 10.0. The standard InChI is InChI=1S/C36H41N3O5S/c1-27-13-12-16-29(23-27)25-38(33(35(41)37-36(2,3)4)24-28-14-8-6-9-15-28)34(40)26-39(45(5,42)43)30-19-21-32(22-20-30)44-31-17-10-7-11-18-31/h6-23,33H,24-26H2,1-5H3,(H,37,41)/t33-/m1/s1. The van der Waals surface area contributed by atoms with Crippen molar-refractivity contribution in [3.8, 4) is 11.5 Å². The summed E-state index contributed by atoms with van der Waals surface area (Å²) in [5, 5.41) is 3.03. The Bertz CT molecular complexity index is 1690. The normalized spacial score (nSPS) is 12.2. The number of aryl methyl sites for hydroxylation is 1. The highest BCUT2D eigenvalue weighted by Gasteiger charge is 2.34. The van der Waals surface area contributed by atoms with Gasteiger partial charge in [-0.05, 0) is 75.2 Å². The minimum Gasteiger partial charge on any atom is -0.457 e. The molecule has 0 aliphatic carbocycles. The lowest BCUT2D eigenvalue weighted by Crippen LogP contribution is -2.56. The first-order valence-corrected chi connectivity index (χ1v) is 16.6. The fourth-order valence-electron chi connectivity index (χ4n) is 4.93. The fraction of sp³-hybridized carbons (Fsp3) is 0.278. The molecule has 4 aromatic rings. The van der Waals surface area contributed by atoms with Crippen LogP contribution in [0.3, 0.4) is 0 Å². The summed E-state index contributed by atoms with van der Waals surface area (Å²) in [5.41, 5.74) is 2.47. The summed E-state index contributed by atoms with van der Waals surface area (Å²) in [5.74, 6) is 0.343. The zero-order valence-electron chi connectivity index (χ0n) is 26.4. The van der Waals surface area contributed by atoms with Crippen molar-refractivity contribution in [3.05, 3.63) is 126 Å². The summed E-state index contributed by atoms with van der Waals surface area (Å²) in [6.07, 6.45) is 1.32. The van der Waals surface area contributed by atoms with E-state index in [0.717, 1.165) is 27.3 Å². The van der Waals surface area contributed by atoms with E-state index in [0.29, 0.717) is 17.2 Å². The largest absolute Gasteiger partial charge is 0.457 e. The number of anilines is 1. The first-order valence-electron chi connectivity index (χ1n) is 14.8. The van der Waals surface area contributed by atoms with Crippen LogP contribution in [0.15, 0.2) is 109 Å². The Morgan fingerprint density at radius 1 is 0.800 bits per heavy atom. The van der Waals surface area contributed by atoms with Crippen molar-refractivity contribution >= 4 is 27.5 Å². The van der Waals surface area contributed by atoms with Crippen molar-refractivity contribution in [2.45, 2.75) is 52.2 Å². The zero-order chi connectivity index (χ0) is 32.6. The summed E-state index contributed by atoms with van der Waals surface area (Å²) in [6, 6.07) is 32.1. The molecule has 0 fully saturated rings. The van der Waals surface area contributed by atoms with E-state index in [4.69, 9.17) is 4.74 Å². The van der Waals surface area contributed by atoms with E-state index >= 15 is 0 Å². The predicted octanol–water partition coefficient (Wildman–Crippen LogP) is 6.11. The van der Waals surface area contributed by atoms with Crippen LogP contribution in [0.25, 0.3) is 0 Å². The second kappa shape index (κ2) is 14.4. The van der Waals surface area contributed by atoms with Gasteiger partial charge in [-0.15, -0.1) is 0 Å². The predicted molar refractivity (Wildman–Crippen MR) is 179 cm³/mol. The van der Waals surface area contributed by atoms with Crippen molar-refractivity contribution in [2.75, 3.05) is 17.1 Å². The molecule has 0 saturated carbocycles. The molecule has 0 unspecified atom stereocenters. The third-order valence-electron chi connectivity index (χ3n) is 6.99. The monoisotopic (exact) mass is 627 g/mol. The molecule has 45 heavy (non-hydrogen) atoms. The van der Waals surface area contributed by atoms with Gasteiger partial charge >= 0.3 is 0 Å². The van der Waals surface area contributed by atoms with Gasteiger partial charge in [0.15, 0.2) is 0 Å². The molecule has 0 spiro atoms. The van der Waals surface area contributed by atoms with E-state index in [1.165, 1.54) is 4.90 Å². The number of sulfonamides is 1. The molecule has 0 bridgehead atoms. The van der Waals surface area contributed by atoms with E-state index in [2.05, 4.69) is 5.32 Å². The maximum Gasteiger partial charge on any atom is 0.244 e. The molecular weight excluding hydrogens is 586 g/mol. The van der Waals surface area contributed by atoms with E-state index in [-0.39, 0.29) is 18.9 Å². The van der Waals surface area contributed by atoms with Crippen molar-refractivity contribution in [2.24, 2.45) is 0 Å². The first kappa shape index (κ1) is 33.3. The molecule has 8 nitrogen and oxygen atoms in total. The topological polar surface area (TPSA) is 96.0 Å². The number of benzene rings is 4. The van der Waals surface area contributed by atoms with Crippen LogP contribution in [-0.2, 0) is 32.6 Å². The second-order valence-corrected chi connectivity index (χ2v) is 14.0. The Morgan fingerprint density at radius 2 is 1.38 bits per heavy atom. The van der Waals surface area contributed by atoms with E-state index in [9.17, 15) is 18.0 Å². The highest BCUT2D eigenvalue weighted by Crippen LogP contribution is 2.26. The van der Waals surface area contributed by atoms with Crippen LogP contribution in [0.2, 0.25) is 0 Å². The maximum atomic E-state index is 14.3. The van der Waals surface area contributed by atoms with Crippen LogP contribution in [0.1, 0.15) is 37.5 Å². The van der Waals surface area contributed by atoms with Crippen molar-refractivity contribution in [3.63, 3.8) is 0 Å². The van der Waals surface area contributed by atoms with Crippen molar-refractivity contribution < 1.29 is 22.7 Å². The molecule has 0 heterocycles. The summed E-state index contributed by atoms with van der Waals surface area (Å²) in [4.78, 5) is 29.6. The van der Waals surface area contributed by atoms with Gasteiger partial charge < -0.3 is 15.0 Å². The summed E-state index contributed by atoms with van der Waals surface area (Å²) >= 11 is 0. The molecule has 0 aliphatic heterocycles. The molecule has 0 aliphatic rings. The number of hydrogen-bond donors (Lipinski definition) is 1. The van der Waals surface area contributed by atoms with Gasteiger partial charge in [0.25, 0.3) is 0 Å². The SMILES string of the molecule is Cc1cccc(CN(C(=O)CN(c2ccc(Oc3ccccc3)cc2)S(C)(=O)=O)[C@H](Cc2ccccc2)C(=O)NC(C)(C)C)c1. The van der Waals surface area contributed by atoms with Crippen LogP contribution in [0, 0.1) is 6.92 Å². The van der Waals surface area contributed by atoms with Gasteiger partial charge in [-0.2, -0.15) is 0 Å². The van der Waals surface area contributed by atoms with E-state index < -0.39 is 34.1 Å². The number of para-hydroxylation sites is 1. The van der Waals surface area contributed by atoms with Crippen LogP contribution in [-0.4, -0.2) is 49.5 Å². The quantitative estimate of drug-likeness (QED) is 0.205. The Hall–Kier alpha value is -4.63. The number of amides is 2. The second-order valence-electron chi connectivity index (χ2n) is 12.1. The minimum atomic E-state index is -3.89. The van der Waals surface area contributed by atoms with Gasteiger partial charge in [0.05, 0.1) is 11.9 Å². The van der Waals surface area contributed by atoms with Crippen LogP contribution in [0.5, 0.6) is 11.5 Å². The molecule has 0 saturated heterocycles. The Kier molecular flexibility index (Phi) is 10.7. The average Bonchev–Trinajstić information content (AvgIpc) is 2.98. The number of hydrogen-bond acceptors (Lipinski definition) is 5. The van der Waals surface area contributed by atoms with Gasteiger partial charge in [0.2, 0.25) is 21.8 Å². The Labute approximate surface area is 266 Å². The molecule has 1 N–H and O–H groups in total. The summed E-state index contributed by atoms with van der Waals surface area (Å²) < 4.78 is 33.1. The number of nitrogens with one attached hydrogen (secondary N) is 1. The van der Waals surface area contributed by atoms with Crippen LogP contribution in [0.4, 0.5) is 5.69 Å². The van der Waals surface area contributed by atoms with Crippen molar-refractivity contribution in [1.82, 2.24) is 10.2 Å². The van der Waals surface area contributed by atoms with Gasteiger partial charge in [-0.1, -0.05) is 78.4 Å². The third kappa shape index (κ3) is 9.94. The fourth-order valence-corrected chi connectivity index (χ4v) is 5.78. The molecule has 236 valence electrons. The smallest absolute Gasteiger partial charge is 0.244 e. The molecule has 0 aromatic heterocycles. The molecule has 9 heteroatoms. The number of ether oxygens (including phenoxy) is 1. The number of nitrogens with zero attached hydrogens (tertiary/aromatic N) is 2. The maximum absolute atomic E-state index is 14.3. The lowest BCUT2D eigenvalue weighted by molar-refractivity contribution is -0.140. The molecular formula is C36H41N3O5S. The Balaban J connectivity index is 1.69. The van der Waals surface area contributed by atoms with Gasteiger partial charge in [0.1, 0.15) is 24.1 Å². The molecule has 1 atom stereocenters. The highest BCUT2D eigenvalue weighted by molar-refractivity contribution is 7.92. The van der Waals surface area contributed by atoms with E-state index in [1.807, 2.05) is 113 Å². The third-order valence-corrected chi connectivity index (χ3v) is 8.13. The first-order chi connectivity index (χ1) is 21.3. The van der Waals surface area contributed by atoms with Gasteiger partial charge in [-0.25, -0.2) is 8.42 Å². The Morgan fingerprint density at radius 3 is 1.96 bits per heavy atom. The molecule has 4 rings (SSSR count). The average molecular weight is 628 g/mol. The van der Waals surface area contributed by atoms with Crippen LogP contribution < -0.4 is 14.4 Å². The van der Waals surface area contributed by atoms with Crippen LogP contribution >= 0.6 is 0 Å². The lowest BCUT2D eigenvalue weighted by Gasteiger charge is -2.35. The molecule has 2 amide bonds. The van der Waals surface area contributed by atoms with Crippen molar-refractivity contribution in [1.29, 1.82) is 0 Å². The highest BCUT2D eigenvalue weighted by atomic mass is 32.2. The summed E-state index contributed by atoms with van der Waals surface area (Å²) in [7, 11) is -3.89. The zero-order valence-corrected chi connectivity index (χ0v) is 27.3. The molecule has 4 aromatic carbocycles. The number of carbonyl (C=O) groups excluding carboxylic acids is 2.